The van der Waals surface area contributed by atoms with Gasteiger partial charge in [-0.15, -0.1) is 0 Å². The van der Waals surface area contributed by atoms with Gasteiger partial charge in [-0.25, -0.2) is 0 Å². The molecule has 0 amide bonds. The van der Waals surface area contributed by atoms with Gasteiger partial charge in [-0.3, -0.25) is 0 Å². The molecule has 0 radical (unpaired) electrons. The number of anilines is 1. The van der Waals surface area contributed by atoms with Crippen molar-refractivity contribution < 1.29 is 4.76 Å². The summed E-state index contributed by atoms with van der Waals surface area (Å²) in [5, 5.41) is 13.7. The molecule has 0 N–H and O–H groups in total. The third kappa shape index (κ3) is 4.26. The molecule has 134 valence electrons. The van der Waals surface area contributed by atoms with Gasteiger partial charge >= 0.3 is 0 Å². The number of benzene rings is 2. The van der Waals surface area contributed by atoms with Crippen LogP contribution in [0.2, 0.25) is 0 Å². The van der Waals surface area contributed by atoms with Gasteiger partial charge in [-0.1, -0.05) is 24.3 Å². The Hall–Kier alpha value is -2.20. The van der Waals surface area contributed by atoms with Gasteiger partial charge in [0.1, 0.15) is 0 Å². The highest BCUT2D eigenvalue weighted by Gasteiger charge is 2.32. The molecular formula is C21H28N2O2. The first-order valence-corrected chi connectivity index (χ1v) is 8.57. The Kier molecular flexibility index (Phi) is 5.05. The van der Waals surface area contributed by atoms with E-state index in [4.69, 9.17) is 0 Å². The second-order valence-electron chi connectivity index (χ2n) is 8.48. The minimum Gasteiger partial charge on any atom is -0.758 e. The highest BCUT2D eigenvalue weighted by Crippen LogP contribution is 2.35. The average molecular weight is 340 g/mol. The van der Waals surface area contributed by atoms with Crippen LogP contribution >= 0.6 is 0 Å². The maximum absolute atomic E-state index is 12.8. The van der Waals surface area contributed by atoms with Crippen LogP contribution in [-0.2, 0) is 0 Å². The molecule has 4 heteroatoms. The summed E-state index contributed by atoms with van der Waals surface area (Å²) in [4.78, 5) is 12.8. The second kappa shape index (κ2) is 6.60. The standard InChI is InChI=1S/C21H28N2O2/c1-15-10-8-9-11-19(15)16-12-17(22(24)20(2,3)4)14-18(13-16)23(25)21(5,6)7/h8-14H,1-7H3. The first kappa shape index (κ1) is 19.1. The van der Waals surface area contributed by atoms with Gasteiger partial charge in [0.25, 0.3) is 5.69 Å². The van der Waals surface area contributed by atoms with Crippen LogP contribution in [0.1, 0.15) is 47.1 Å². The van der Waals surface area contributed by atoms with Crippen LogP contribution in [0.25, 0.3) is 11.1 Å². The molecule has 2 aromatic rings. The van der Waals surface area contributed by atoms with Gasteiger partial charge in [-0.2, -0.15) is 0 Å². The second-order valence-corrected chi connectivity index (χ2v) is 8.48. The van der Waals surface area contributed by atoms with Crippen LogP contribution in [0.4, 0.5) is 11.4 Å². The third-order valence-electron chi connectivity index (χ3n) is 4.05. The fourth-order valence-corrected chi connectivity index (χ4v) is 2.66. The molecule has 0 heterocycles. The molecule has 0 atom stereocenters. The molecule has 0 aromatic heterocycles. The van der Waals surface area contributed by atoms with Gasteiger partial charge in [0.2, 0.25) is 5.54 Å². The van der Waals surface area contributed by atoms with E-state index in [2.05, 4.69) is 0 Å². The highest BCUT2D eigenvalue weighted by atomic mass is 16.5. The normalized spacial score (nSPS) is 12.2. The molecule has 0 aliphatic rings. The first-order valence-electron chi connectivity index (χ1n) is 8.57. The van der Waals surface area contributed by atoms with Crippen molar-refractivity contribution in [2.45, 2.75) is 59.5 Å². The fraction of sp³-hybridized carbons (Fsp3) is 0.429. The maximum atomic E-state index is 12.8. The zero-order valence-electron chi connectivity index (χ0n) is 16.3. The number of nitrogens with zero attached hydrogens (tertiary/aromatic N) is 2. The molecule has 0 bridgehead atoms. The van der Waals surface area contributed by atoms with Crippen LogP contribution in [0.3, 0.4) is 0 Å². The Labute approximate surface area is 150 Å². The molecule has 25 heavy (non-hydrogen) atoms. The minimum atomic E-state index is -0.586. The lowest BCUT2D eigenvalue weighted by Crippen LogP contribution is -2.36. The van der Waals surface area contributed by atoms with E-state index in [1.54, 1.807) is 6.07 Å². The highest BCUT2D eigenvalue weighted by molar-refractivity contribution is 5.75. The molecule has 0 aliphatic carbocycles. The van der Waals surface area contributed by atoms with Crippen LogP contribution < -0.4 is 5.06 Å². The Morgan fingerprint density at radius 2 is 1.56 bits per heavy atom. The zero-order valence-corrected chi connectivity index (χ0v) is 16.3. The SMILES string of the molecule is Cc1ccccc1-c1cc(N([O-])C(C)(C)C)cc([N+](=O)C(C)(C)C)c1. The molecule has 0 unspecified atom stereocenters. The summed E-state index contributed by atoms with van der Waals surface area (Å²) in [6.45, 7) is 13.2. The number of aryl methyl sites for hydroxylation is 1. The quantitative estimate of drug-likeness (QED) is 0.510. The topological polar surface area (TPSA) is 46.4 Å². The van der Waals surface area contributed by atoms with Gasteiger partial charge < -0.3 is 10.3 Å². The third-order valence-corrected chi connectivity index (χ3v) is 4.05. The van der Waals surface area contributed by atoms with Crippen molar-refractivity contribution in [1.29, 1.82) is 0 Å². The summed E-state index contributed by atoms with van der Waals surface area (Å²) in [6.07, 6.45) is 0. The molecule has 0 spiro atoms. The van der Waals surface area contributed by atoms with Crippen LogP contribution in [0.15, 0.2) is 42.5 Å². The largest absolute Gasteiger partial charge is 0.758 e. The molecule has 2 rings (SSSR count). The lowest BCUT2D eigenvalue weighted by atomic mass is 9.98. The van der Waals surface area contributed by atoms with E-state index < -0.39 is 11.1 Å². The smallest absolute Gasteiger partial charge is 0.259 e. The summed E-state index contributed by atoms with van der Waals surface area (Å²) >= 11 is 0. The summed E-state index contributed by atoms with van der Waals surface area (Å²) in [7, 11) is 0. The molecule has 0 fully saturated rings. The Balaban J connectivity index is 2.68. The van der Waals surface area contributed by atoms with E-state index in [-0.39, 0.29) is 0 Å². The van der Waals surface area contributed by atoms with Crippen LogP contribution in [0.5, 0.6) is 0 Å². The van der Waals surface area contributed by atoms with Crippen molar-refractivity contribution in [1.82, 2.24) is 0 Å². The van der Waals surface area contributed by atoms with Crippen LogP contribution in [0, 0.1) is 17.0 Å². The first-order chi connectivity index (χ1) is 11.4. The number of nitroso groups, excluding NO2 is 1. The molecule has 0 saturated heterocycles. The lowest BCUT2D eigenvalue weighted by molar-refractivity contribution is -0.540. The Morgan fingerprint density at radius 1 is 0.960 bits per heavy atom. The lowest BCUT2D eigenvalue weighted by Gasteiger charge is -2.43. The van der Waals surface area contributed by atoms with Gasteiger partial charge in [0.15, 0.2) is 0 Å². The van der Waals surface area contributed by atoms with E-state index in [0.717, 1.165) is 26.5 Å². The van der Waals surface area contributed by atoms with E-state index in [0.29, 0.717) is 11.4 Å². The summed E-state index contributed by atoms with van der Waals surface area (Å²) in [6, 6.07) is 13.4. The van der Waals surface area contributed by atoms with E-state index in [1.807, 2.05) is 84.9 Å². The van der Waals surface area contributed by atoms with Crippen LogP contribution in [-0.4, -0.2) is 15.8 Å². The molecule has 4 nitrogen and oxygen atoms in total. The predicted molar refractivity (Wildman–Crippen MR) is 105 cm³/mol. The van der Waals surface area contributed by atoms with E-state index >= 15 is 0 Å². The van der Waals surface area contributed by atoms with Crippen molar-refractivity contribution in [3.05, 3.63) is 58.1 Å². The van der Waals surface area contributed by atoms with E-state index in [9.17, 15) is 10.1 Å². The van der Waals surface area contributed by atoms with Gasteiger partial charge in [0.05, 0.1) is 0 Å². The van der Waals surface area contributed by atoms with Crippen molar-refractivity contribution >= 4 is 11.4 Å². The van der Waals surface area contributed by atoms with E-state index in [1.165, 1.54) is 0 Å². The van der Waals surface area contributed by atoms with Crippen molar-refractivity contribution in [3.8, 4) is 11.1 Å². The van der Waals surface area contributed by atoms with Gasteiger partial charge in [0, 0.05) is 53.8 Å². The van der Waals surface area contributed by atoms with Crippen molar-refractivity contribution in [2.75, 3.05) is 5.06 Å². The minimum absolute atomic E-state index is 0.494. The average Bonchev–Trinajstić information content (AvgIpc) is 2.51. The predicted octanol–water partition coefficient (Wildman–Crippen LogP) is 5.97. The fourth-order valence-electron chi connectivity index (χ4n) is 2.66. The van der Waals surface area contributed by atoms with Crippen molar-refractivity contribution in [3.63, 3.8) is 0 Å². The molecule has 2 aromatic carbocycles. The number of hydroxylamine groups is 1. The Bertz CT molecular complexity index is 783. The van der Waals surface area contributed by atoms with Gasteiger partial charge in [-0.05, 0) is 50.5 Å². The molecule has 0 aliphatic heterocycles. The monoisotopic (exact) mass is 340 g/mol. The Morgan fingerprint density at radius 3 is 2.08 bits per heavy atom. The summed E-state index contributed by atoms with van der Waals surface area (Å²) < 4.78 is 0.967. The molecule has 0 saturated carbocycles. The number of hydrogen-bond acceptors (Lipinski definition) is 3. The zero-order chi connectivity index (χ0) is 19.0. The number of rotatable bonds is 3. The summed E-state index contributed by atoms with van der Waals surface area (Å²) in [5.41, 5.74) is 2.82. The maximum Gasteiger partial charge on any atom is 0.259 e. The number of hydrogen-bond donors (Lipinski definition) is 0. The summed E-state index contributed by atoms with van der Waals surface area (Å²) in [5.74, 6) is 0. The molecular weight excluding hydrogens is 312 g/mol. The van der Waals surface area contributed by atoms with Crippen molar-refractivity contribution in [2.24, 2.45) is 0 Å².